The number of carbonyl (C=O) groups excluding carboxylic acids is 1. The molecule has 1 aromatic heterocycles. The highest BCUT2D eigenvalue weighted by atomic mass is 79.9. The minimum Gasteiger partial charge on any atom is -0.399 e. The zero-order chi connectivity index (χ0) is 13.1. The van der Waals surface area contributed by atoms with Crippen molar-refractivity contribution in [3.8, 4) is 0 Å². The van der Waals surface area contributed by atoms with Crippen LogP contribution in [0.2, 0.25) is 0 Å². The molecular formula is C13H14BrN3O. The number of carbonyl (C=O) groups is 1. The third-order valence-electron chi connectivity index (χ3n) is 2.62. The number of hydrogen-bond acceptors (Lipinski definition) is 3. The number of ketones is 1. The summed E-state index contributed by atoms with van der Waals surface area (Å²) in [7, 11) is 0. The second-order valence-electron chi connectivity index (χ2n) is 4.01. The molecule has 0 unspecified atom stereocenters. The lowest BCUT2D eigenvalue weighted by atomic mass is 10.1. The molecule has 0 bridgehead atoms. The first kappa shape index (κ1) is 12.8. The maximum Gasteiger partial charge on any atom is 0.212 e. The van der Waals surface area contributed by atoms with E-state index in [2.05, 4.69) is 21.0 Å². The number of rotatable bonds is 4. The van der Waals surface area contributed by atoms with Gasteiger partial charge < -0.3 is 5.73 Å². The SMILES string of the molecule is CCCn1nccc1C(=O)c1cc(N)ccc1Br. The lowest BCUT2D eigenvalue weighted by Gasteiger charge is -2.07. The number of benzene rings is 1. The minimum absolute atomic E-state index is 0.0693. The Bertz CT molecular complexity index is 577. The molecule has 0 aliphatic heterocycles. The van der Waals surface area contributed by atoms with Gasteiger partial charge >= 0.3 is 0 Å². The lowest BCUT2D eigenvalue weighted by Crippen LogP contribution is -2.12. The fourth-order valence-corrected chi connectivity index (χ4v) is 2.20. The molecule has 94 valence electrons. The number of anilines is 1. The number of halogens is 1. The molecule has 18 heavy (non-hydrogen) atoms. The van der Waals surface area contributed by atoms with Crippen molar-refractivity contribution >= 4 is 27.4 Å². The summed E-state index contributed by atoms with van der Waals surface area (Å²) in [6, 6.07) is 6.94. The Kier molecular flexibility index (Phi) is 3.81. The molecule has 0 aliphatic carbocycles. The van der Waals surface area contributed by atoms with Gasteiger partial charge in [0.25, 0.3) is 0 Å². The molecule has 2 aromatic rings. The van der Waals surface area contributed by atoms with E-state index in [1.54, 1.807) is 35.1 Å². The molecule has 1 heterocycles. The fraction of sp³-hybridized carbons (Fsp3) is 0.231. The predicted octanol–water partition coefficient (Wildman–Crippen LogP) is 2.87. The summed E-state index contributed by atoms with van der Waals surface area (Å²) in [6.45, 7) is 2.78. The maximum atomic E-state index is 12.4. The van der Waals surface area contributed by atoms with E-state index in [-0.39, 0.29) is 5.78 Å². The van der Waals surface area contributed by atoms with E-state index in [0.717, 1.165) is 17.4 Å². The standard InChI is InChI=1S/C13H14BrN3O/c1-2-7-17-12(5-6-16-17)13(18)10-8-9(15)3-4-11(10)14/h3-6,8H,2,7,15H2,1H3. The van der Waals surface area contributed by atoms with Crippen LogP contribution in [0.5, 0.6) is 0 Å². The second-order valence-corrected chi connectivity index (χ2v) is 4.86. The number of nitrogens with two attached hydrogens (primary N) is 1. The summed E-state index contributed by atoms with van der Waals surface area (Å²) in [6.07, 6.45) is 2.57. The van der Waals surface area contributed by atoms with Gasteiger partial charge in [-0.3, -0.25) is 9.48 Å². The molecule has 0 amide bonds. The number of nitrogen functional groups attached to an aromatic ring is 1. The first-order chi connectivity index (χ1) is 8.63. The molecule has 0 radical (unpaired) electrons. The van der Waals surface area contributed by atoms with Crippen molar-refractivity contribution < 1.29 is 4.79 Å². The largest absolute Gasteiger partial charge is 0.399 e. The molecule has 0 spiro atoms. The lowest BCUT2D eigenvalue weighted by molar-refractivity contribution is 0.102. The highest BCUT2D eigenvalue weighted by molar-refractivity contribution is 9.10. The average molecular weight is 308 g/mol. The van der Waals surface area contributed by atoms with Crippen LogP contribution in [0.15, 0.2) is 34.9 Å². The molecular weight excluding hydrogens is 294 g/mol. The van der Waals surface area contributed by atoms with Gasteiger partial charge in [-0.05, 0) is 30.7 Å². The Morgan fingerprint density at radius 1 is 1.44 bits per heavy atom. The zero-order valence-electron chi connectivity index (χ0n) is 10.1. The van der Waals surface area contributed by atoms with Crippen molar-refractivity contribution in [1.29, 1.82) is 0 Å². The van der Waals surface area contributed by atoms with Crippen molar-refractivity contribution in [2.45, 2.75) is 19.9 Å². The van der Waals surface area contributed by atoms with Crippen molar-refractivity contribution in [2.24, 2.45) is 0 Å². The van der Waals surface area contributed by atoms with Crippen LogP contribution in [0.4, 0.5) is 5.69 Å². The summed E-state index contributed by atoms with van der Waals surface area (Å²) in [5, 5.41) is 4.15. The first-order valence-electron chi connectivity index (χ1n) is 5.75. The van der Waals surface area contributed by atoms with Crippen molar-refractivity contribution in [2.75, 3.05) is 5.73 Å². The summed E-state index contributed by atoms with van der Waals surface area (Å²) < 4.78 is 2.46. The van der Waals surface area contributed by atoms with Crippen LogP contribution in [0.25, 0.3) is 0 Å². The molecule has 5 heteroatoms. The van der Waals surface area contributed by atoms with Crippen LogP contribution < -0.4 is 5.73 Å². The predicted molar refractivity (Wildman–Crippen MR) is 74.5 cm³/mol. The third kappa shape index (κ3) is 2.46. The highest BCUT2D eigenvalue weighted by Crippen LogP contribution is 2.22. The Morgan fingerprint density at radius 3 is 2.94 bits per heavy atom. The number of hydrogen-bond donors (Lipinski definition) is 1. The van der Waals surface area contributed by atoms with Gasteiger partial charge in [-0.25, -0.2) is 0 Å². The molecule has 4 nitrogen and oxygen atoms in total. The normalized spacial score (nSPS) is 10.6. The average Bonchev–Trinajstić information content (AvgIpc) is 2.80. The Morgan fingerprint density at radius 2 is 2.22 bits per heavy atom. The van der Waals surface area contributed by atoms with E-state index in [1.807, 2.05) is 6.92 Å². The van der Waals surface area contributed by atoms with Crippen LogP contribution in [0, 0.1) is 0 Å². The van der Waals surface area contributed by atoms with Crippen LogP contribution in [-0.4, -0.2) is 15.6 Å². The Hall–Kier alpha value is -1.62. The van der Waals surface area contributed by atoms with E-state index in [9.17, 15) is 4.79 Å². The van der Waals surface area contributed by atoms with Gasteiger partial charge in [0.2, 0.25) is 5.78 Å². The van der Waals surface area contributed by atoms with E-state index in [1.165, 1.54) is 0 Å². The van der Waals surface area contributed by atoms with Crippen LogP contribution in [0.1, 0.15) is 29.4 Å². The van der Waals surface area contributed by atoms with Crippen molar-refractivity contribution in [3.63, 3.8) is 0 Å². The van der Waals surface area contributed by atoms with E-state index >= 15 is 0 Å². The number of nitrogens with zero attached hydrogens (tertiary/aromatic N) is 2. The van der Waals surface area contributed by atoms with Gasteiger partial charge in [0.15, 0.2) is 0 Å². The van der Waals surface area contributed by atoms with Gasteiger partial charge in [-0.1, -0.05) is 22.9 Å². The number of aryl methyl sites for hydroxylation is 1. The smallest absolute Gasteiger partial charge is 0.212 e. The molecule has 0 fully saturated rings. The topological polar surface area (TPSA) is 60.9 Å². The van der Waals surface area contributed by atoms with Crippen LogP contribution >= 0.6 is 15.9 Å². The fourth-order valence-electron chi connectivity index (χ4n) is 1.77. The van der Waals surface area contributed by atoms with Gasteiger partial charge in [0.1, 0.15) is 5.69 Å². The first-order valence-corrected chi connectivity index (χ1v) is 6.54. The van der Waals surface area contributed by atoms with E-state index < -0.39 is 0 Å². The molecule has 1 aromatic carbocycles. The minimum atomic E-state index is -0.0693. The Labute approximate surface area is 114 Å². The van der Waals surface area contributed by atoms with Gasteiger partial charge in [0, 0.05) is 28.5 Å². The van der Waals surface area contributed by atoms with Gasteiger partial charge in [-0.15, -0.1) is 0 Å². The summed E-state index contributed by atoms with van der Waals surface area (Å²) in [4.78, 5) is 12.4. The summed E-state index contributed by atoms with van der Waals surface area (Å²) in [5.74, 6) is -0.0693. The quantitative estimate of drug-likeness (QED) is 0.698. The van der Waals surface area contributed by atoms with Crippen LogP contribution in [0.3, 0.4) is 0 Å². The van der Waals surface area contributed by atoms with E-state index in [4.69, 9.17) is 5.73 Å². The van der Waals surface area contributed by atoms with Crippen molar-refractivity contribution in [3.05, 3.63) is 46.2 Å². The summed E-state index contributed by atoms with van der Waals surface area (Å²) in [5.41, 5.74) is 7.44. The molecule has 0 saturated carbocycles. The molecule has 2 rings (SSSR count). The maximum absolute atomic E-state index is 12.4. The Balaban J connectivity index is 2.41. The molecule has 2 N–H and O–H groups in total. The van der Waals surface area contributed by atoms with Crippen molar-refractivity contribution in [1.82, 2.24) is 9.78 Å². The highest BCUT2D eigenvalue weighted by Gasteiger charge is 2.16. The van der Waals surface area contributed by atoms with Crippen LogP contribution in [-0.2, 0) is 6.54 Å². The summed E-state index contributed by atoms with van der Waals surface area (Å²) >= 11 is 3.37. The molecule has 0 aliphatic rings. The van der Waals surface area contributed by atoms with E-state index in [0.29, 0.717) is 16.9 Å². The number of aromatic nitrogens is 2. The van der Waals surface area contributed by atoms with Gasteiger partial charge in [-0.2, -0.15) is 5.10 Å². The zero-order valence-corrected chi connectivity index (χ0v) is 11.6. The monoisotopic (exact) mass is 307 g/mol. The third-order valence-corrected chi connectivity index (χ3v) is 3.31. The molecule has 0 saturated heterocycles. The van der Waals surface area contributed by atoms with Gasteiger partial charge in [0.05, 0.1) is 0 Å². The molecule has 0 atom stereocenters. The second kappa shape index (κ2) is 5.35.